The summed E-state index contributed by atoms with van der Waals surface area (Å²) in [7, 11) is 0. The zero-order valence-corrected chi connectivity index (χ0v) is 11.9. The van der Waals surface area contributed by atoms with Gasteiger partial charge in [0, 0.05) is 22.5 Å². The van der Waals surface area contributed by atoms with Crippen molar-refractivity contribution >= 4 is 17.2 Å². The molecule has 1 unspecified atom stereocenters. The Kier molecular flexibility index (Phi) is 4.08. The van der Waals surface area contributed by atoms with Crippen LogP contribution in [0.5, 0.6) is 0 Å². The Hall–Kier alpha value is -2.29. The average molecular weight is 268 g/mol. The molecule has 0 amide bonds. The van der Waals surface area contributed by atoms with Crippen molar-refractivity contribution in [1.29, 1.82) is 0 Å². The first kappa shape index (κ1) is 14.1. The lowest BCUT2D eigenvalue weighted by atomic mass is 9.95. The number of hydrogen-bond acceptors (Lipinski definition) is 3. The third-order valence-corrected chi connectivity index (χ3v) is 3.67. The first-order valence-electron chi connectivity index (χ1n) is 6.82. The summed E-state index contributed by atoms with van der Waals surface area (Å²) in [5.41, 5.74) is 14.9. The molecule has 1 atom stereocenters. The molecule has 2 aromatic rings. The van der Waals surface area contributed by atoms with Gasteiger partial charge in [0.05, 0.1) is 0 Å². The number of carbonyl (C=O) groups excluding carboxylic acids is 1. The van der Waals surface area contributed by atoms with Gasteiger partial charge < -0.3 is 11.5 Å². The van der Waals surface area contributed by atoms with Gasteiger partial charge in [0.25, 0.3) is 0 Å². The highest BCUT2D eigenvalue weighted by atomic mass is 16.1. The third-order valence-electron chi connectivity index (χ3n) is 3.67. The molecule has 2 aromatic carbocycles. The molecule has 0 radical (unpaired) electrons. The van der Waals surface area contributed by atoms with Crippen molar-refractivity contribution in [2.75, 3.05) is 11.5 Å². The molecule has 0 saturated heterocycles. The normalized spacial score (nSPS) is 12.1. The van der Waals surface area contributed by atoms with Gasteiger partial charge in [0.1, 0.15) is 0 Å². The summed E-state index contributed by atoms with van der Waals surface area (Å²) in [6.45, 7) is 4.33. The predicted octanol–water partition coefficient (Wildman–Crippen LogP) is 3.60. The third kappa shape index (κ3) is 2.82. The summed E-state index contributed by atoms with van der Waals surface area (Å²) < 4.78 is 0. The molecule has 104 valence electrons. The SMILES string of the molecule is CCC(C)c1ccc(C(=O)c2ccc(N)cc2N)cc1. The summed E-state index contributed by atoms with van der Waals surface area (Å²) in [5, 5.41) is 0. The van der Waals surface area contributed by atoms with Crippen molar-refractivity contribution < 1.29 is 4.79 Å². The van der Waals surface area contributed by atoms with Crippen LogP contribution in [0.4, 0.5) is 11.4 Å². The van der Waals surface area contributed by atoms with E-state index in [0.29, 0.717) is 28.4 Å². The summed E-state index contributed by atoms with van der Waals surface area (Å²) >= 11 is 0. The van der Waals surface area contributed by atoms with E-state index in [4.69, 9.17) is 11.5 Å². The molecule has 0 saturated carbocycles. The largest absolute Gasteiger partial charge is 0.399 e. The zero-order valence-electron chi connectivity index (χ0n) is 11.9. The molecule has 4 N–H and O–H groups in total. The van der Waals surface area contributed by atoms with Crippen LogP contribution in [0.3, 0.4) is 0 Å². The van der Waals surface area contributed by atoms with Crippen LogP contribution in [0, 0.1) is 0 Å². The van der Waals surface area contributed by atoms with Gasteiger partial charge in [-0.3, -0.25) is 4.79 Å². The van der Waals surface area contributed by atoms with E-state index in [1.165, 1.54) is 5.56 Å². The molecule has 0 aromatic heterocycles. The molecular formula is C17H20N2O. The Balaban J connectivity index is 2.29. The minimum absolute atomic E-state index is 0.0711. The predicted molar refractivity (Wildman–Crippen MR) is 83.8 cm³/mol. The molecule has 0 aliphatic rings. The number of anilines is 2. The average Bonchev–Trinajstić information content (AvgIpc) is 2.46. The lowest BCUT2D eigenvalue weighted by Gasteiger charge is -2.10. The molecule has 0 aliphatic carbocycles. The Labute approximate surface area is 119 Å². The van der Waals surface area contributed by atoms with Crippen molar-refractivity contribution in [1.82, 2.24) is 0 Å². The zero-order chi connectivity index (χ0) is 14.7. The van der Waals surface area contributed by atoms with Crippen molar-refractivity contribution in [2.24, 2.45) is 0 Å². The van der Waals surface area contributed by atoms with Crippen molar-refractivity contribution in [2.45, 2.75) is 26.2 Å². The second-order valence-corrected chi connectivity index (χ2v) is 5.11. The fourth-order valence-corrected chi connectivity index (χ4v) is 2.14. The topological polar surface area (TPSA) is 69.1 Å². The molecule has 3 heteroatoms. The second kappa shape index (κ2) is 5.78. The number of nitrogens with two attached hydrogens (primary N) is 2. The smallest absolute Gasteiger partial charge is 0.195 e. The summed E-state index contributed by atoms with van der Waals surface area (Å²) in [6, 6.07) is 12.7. The molecule has 0 fully saturated rings. The highest BCUT2D eigenvalue weighted by Crippen LogP contribution is 2.22. The molecule has 3 nitrogen and oxygen atoms in total. The quantitative estimate of drug-likeness (QED) is 0.657. The lowest BCUT2D eigenvalue weighted by Crippen LogP contribution is -2.06. The van der Waals surface area contributed by atoms with E-state index >= 15 is 0 Å². The molecule has 20 heavy (non-hydrogen) atoms. The monoisotopic (exact) mass is 268 g/mol. The molecule has 0 bridgehead atoms. The van der Waals surface area contributed by atoms with Crippen molar-refractivity contribution in [3.05, 3.63) is 59.2 Å². The van der Waals surface area contributed by atoms with Gasteiger partial charge in [-0.2, -0.15) is 0 Å². The van der Waals surface area contributed by atoms with Crippen LogP contribution in [-0.2, 0) is 0 Å². The van der Waals surface area contributed by atoms with Crippen LogP contribution in [0.1, 0.15) is 47.7 Å². The van der Waals surface area contributed by atoms with Crippen molar-refractivity contribution in [3.63, 3.8) is 0 Å². The standard InChI is InChI=1S/C17H20N2O/c1-3-11(2)12-4-6-13(7-5-12)17(20)15-9-8-14(18)10-16(15)19/h4-11H,3,18-19H2,1-2H3. The van der Waals surface area contributed by atoms with E-state index in [1.54, 1.807) is 18.2 Å². The van der Waals surface area contributed by atoms with Crippen molar-refractivity contribution in [3.8, 4) is 0 Å². The lowest BCUT2D eigenvalue weighted by molar-refractivity contribution is 0.103. The molecule has 0 heterocycles. The minimum atomic E-state index is -0.0711. The van der Waals surface area contributed by atoms with Crippen LogP contribution >= 0.6 is 0 Å². The number of benzene rings is 2. The second-order valence-electron chi connectivity index (χ2n) is 5.11. The van der Waals surface area contributed by atoms with E-state index in [2.05, 4.69) is 13.8 Å². The van der Waals surface area contributed by atoms with Crippen LogP contribution in [0.25, 0.3) is 0 Å². The van der Waals surface area contributed by atoms with E-state index in [0.717, 1.165) is 6.42 Å². The Bertz CT molecular complexity index is 617. The van der Waals surface area contributed by atoms with Gasteiger partial charge >= 0.3 is 0 Å². The van der Waals surface area contributed by atoms with E-state index in [1.807, 2.05) is 24.3 Å². The van der Waals surface area contributed by atoms with Gasteiger partial charge in [0.2, 0.25) is 0 Å². The number of hydrogen-bond donors (Lipinski definition) is 2. The van der Waals surface area contributed by atoms with Crippen LogP contribution in [0.2, 0.25) is 0 Å². The van der Waals surface area contributed by atoms with Gasteiger partial charge in [-0.1, -0.05) is 38.1 Å². The fourth-order valence-electron chi connectivity index (χ4n) is 2.14. The molecule has 0 spiro atoms. The highest BCUT2D eigenvalue weighted by molar-refractivity contribution is 6.12. The van der Waals surface area contributed by atoms with Gasteiger partial charge in [0.15, 0.2) is 5.78 Å². The number of carbonyl (C=O) groups is 1. The van der Waals surface area contributed by atoms with E-state index in [9.17, 15) is 4.79 Å². The molecular weight excluding hydrogens is 248 g/mol. The summed E-state index contributed by atoms with van der Waals surface area (Å²) in [4.78, 5) is 12.4. The van der Waals surface area contributed by atoms with Gasteiger partial charge in [-0.25, -0.2) is 0 Å². The molecule has 0 aliphatic heterocycles. The Morgan fingerprint density at radius 1 is 1.10 bits per heavy atom. The maximum Gasteiger partial charge on any atom is 0.195 e. The number of nitrogen functional groups attached to an aromatic ring is 2. The van der Waals surface area contributed by atoms with E-state index < -0.39 is 0 Å². The number of ketones is 1. The van der Waals surface area contributed by atoms with Crippen LogP contribution in [-0.4, -0.2) is 5.78 Å². The summed E-state index contributed by atoms with van der Waals surface area (Å²) in [5.74, 6) is 0.430. The Morgan fingerprint density at radius 3 is 2.30 bits per heavy atom. The maximum absolute atomic E-state index is 12.4. The van der Waals surface area contributed by atoms with Gasteiger partial charge in [-0.15, -0.1) is 0 Å². The first-order valence-corrected chi connectivity index (χ1v) is 6.82. The summed E-state index contributed by atoms with van der Waals surface area (Å²) in [6.07, 6.45) is 1.08. The Morgan fingerprint density at radius 2 is 1.75 bits per heavy atom. The molecule has 2 rings (SSSR count). The first-order chi connectivity index (χ1) is 9.52. The van der Waals surface area contributed by atoms with Crippen LogP contribution in [0.15, 0.2) is 42.5 Å². The number of rotatable bonds is 4. The van der Waals surface area contributed by atoms with E-state index in [-0.39, 0.29) is 5.78 Å². The van der Waals surface area contributed by atoms with Crippen LogP contribution < -0.4 is 11.5 Å². The van der Waals surface area contributed by atoms with Gasteiger partial charge in [-0.05, 0) is 36.1 Å². The maximum atomic E-state index is 12.4. The minimum Gasteiger partial charge on any atom is -0.399 e. The fraction of sp³-hybridized carbons (Fsp3) is 0.235. The highest BCUT2D eigenvalue weighted by Gasteiger charge is 2.13.